The van der Waals surface area contributed by atoms with Crippen LogP contribution in [0.25, 0.3) is 0 Å². The van der Waals surface area contributed by atoms with Gasteiger partial charge in [0.15, 0.2) is 0 Å². The second kappa shape index (κ2) is 9.43. The third-order valence-electron chi connectivity index (χ3n) is 4.71. The minimum Gasteiger partial charge on any atom is -0.378 e. The van der Waals surface area contributed by atoms with Gasteiger partial charge in [0.2, 0.25) is 11.8 Å². The molecule has 1 aliphatic rings. The van der Waals surface area contributed by atoms with Gasteiger partial charge < -0.3 is 15.0 Å². The summed E-state index contributed by atoms with van der Waals surface area (Å²) in [5, 5.41) is 2.76. The first-order chi connectivity index (χ1) is 13.5. The first kappa shape index (κ1) is 20.0. The number of nitrogens with one attached hydrogen (secondary N) is 1. The van der Waals surface area contributed by atoms with E-state index in [1.807, 2.05) is 41.3 Å². The quantitative estimate of drug-likeness (QED) is 0.826. The third kappa shape index (κ3) is 5.61. The molecule has 1 aromatic heterocycles. The van der Waals surface area contributed by atoms with Gasteiger partial charge in [-0.2, -0.15) is 0 Å². The van der Waals surface area contributed by atoms with E-state index in [-0.39, 0.29) is 17.9 Å². The van der Waals surface area contributed by atoms with Crippen LogP contribution in [0, 0.1) is 0 Å². The molecule has 0 spiro atoms. The van der Waals surface area contributed by atoms with Crippen molar-refractivity contribution >= 4 is 17.5 Å². The number of amides is 2. The fourth-order valence-corrected chi connectivity index (χ4v) is 3.34. The van der Waals surface area contributed by atoms with E-state index in [1.54, 1.807) is 19.5 Å². The number of ether oxygens (including phenoxy) is 1. The highest BCUT2D eigenvalue weighted by Crippen LogP contribution is 2.16. The normalized spacial score (nSPS) is 18.0. The SMILES string of the molecule is COC1CN(Cc2ccc(NC(C)=O)cc2)CC(=O)N(Cc2cccnc2)C1. The number of pyridine rings is 1. The van der Waals surface area contributed by atoms with E-state index < -0.39 is 0 Å². The van der Waals surface area contributed by atoms with Crippen molar-refractivity contribution < 1.29 is 14.3 Å². The fourth-order valence-electron chi connectivity index (χ4n) is 3.34. The summed E-state index contributed by atoms with van der Waals surface area (Å²) in [7, 11) is 1.68. The molecule has 0 saturated carbocycles. The number of anilines is 1. The summed E-state index contributed by atoms with van der Waals surface area (Å²) in [5.41, 5.74) is 2.85. The average molecular weight is 382 g/mol. The monoisotopic (exact) mass is 382 g/mol. The molecule has 1 N–H and O–H groups in total. The first-order valence-electron chi connectivity index (χ1n) is 9.32. The standard InChI is InChI=1S/C21H26N4O3/c1-16(26)23-19-7-5-17(6-8-19)11-24-13-20(28-2)14-25(21(27)15-24)12-18-4-3-9-22-10-18/h3-10,20H,11-15H2,1-2H3,(H,23,26). The van der Waals surface area contributed by atoms with E-state index >= 15 is 0 Å². The molecule has 0 bridgehead atoms. The Hall–Kier alpha value is -2.77. The van der Waals surface area contributed by atoms with E-state index in [0.717, 1.165) is 16.8 Å². The predicted molar refractivity (Wildman–Crippen MR) is 106 cm³/mol. The molecule has 1 unspecified atom stereocenters. The van der Waals surface area contributed by atoms with Crippen LogP contribution in [0.2, 0.25) is 0 Å². The van der Waals surface area contributed by atoms with Crippen molar-refractivity contribution in [3.05, 3.63) is 59.9 Å². The second-order valence-corrected chi connectivity index (χ2v) is 7.04. The van der Waals surface area contributed by atoms with Crippen LogP contribution in [0.1, 0.15) is 18.1 Å². The molecule has 1 fully saturated rings. The number of hydrogen-bond donors (Lipinski definition) is 1. The van der Waals surface area contributed by atoms with Gasteiger partial charge in [0.1, 0.15) is 0 Å². The molecule has 7 heteroatoms. The highest BCUT2D eigenvalue weighted by Gasteiger charge is 2.27. The Morgan fingerprint density at radius 1 is 1.18 bits per heavy atom. The van der Waals surface area contributed by atoms with Crippen molar-refractivity contribution in [1.82, 2.24) is 14.8 Å². The summed E-state index contributed by atoms with van der Waals surface area (Å²) in [6.45, 7) is 4.24. The highest BCUT2D eigenvalue weighted by molar-refractivity contribution is 5.88. The zero-order valence-electron chi connectivity index (χ0n) is 16.3. The van der Waals surface area contributed by atoms with E-state index in [2.05, 4.69) is 15.2 Å². The van der Waals surface area contributed by atoms with Gasteiger partial charge in [-0.05, 0) is 29.3 Å². The van der Waals surface area contributed by atoms with Crippen molar-refractivity contribution in [3.8, 4) is 0 Å². The largest absolute Gasteiger partial charge is 0.378 e. The Bertz CT molecular complexity index is 795. The smallest absolute Gasteiger partial charge is 0.237 e. The van der Waals surface area contributed by atoms with Gasteiger partial charge in [-0.3, -0.25) is 19.5 Å². The topological polar surface area (TPSA) is 74.8 Å². The molecule has 3 rings (SSSR count). The van der Waals surface area contributed by atoms with Crippen LogP contribution in [0.4, 0.5) is 5.69 Å². The molecule has 2 heterocycles. The van der Waals surface area contributed by atoms with Gasteiger partial charge in [0.25, 0.3) is 0 Å². The molecule has 1 aromatic carbocycles. The fraction of sp³-hybridized carbons (Fsp3) is 0.381. The van der Waals surface area contributed by atoms with E-state index in [1.165, 1.54) is 6.92 Å². The summed E-state index contributed by atoms with van der Waals surface area (Å²) < 4.78 is 5.62. The van der Waals surface area contributed by atoms with E-state index in [9.17, 15) is 9.59 Å². The van der Waals surface area contributed by atoms with Gasteiger partial charge in [0, 0.05) is 58.3 Å². The molecule has 7 nitrogen and oxygen atoms in total. The van der Waals surface area contributed by atoms with E-state index in [4.69, 9.17) is 4.74 Å². The zero-order chi connectivity index (χ0) is 19.9. The van der Waals surface area contributed by atoms with Crippen LogP contribution in [-0.2, 0) is 27.4 Å². The summed E-state index contributed by atoms with van der Waals surface area (Å²) >= 11 is 0. The summed E-state index contributed by atoms with van der Waals surface area (Å²) in [4.78, 5) is 32.0. The van der Waals surface area contributed by atoms with E-state index in [0.29, 0.717) is 32.7 Å². The summed E-state index contributed by atoms with van der Waals surface area (Å²) in [6.07, 6.45) is 3.46. The van der Waals surface area contributed by atoms with Gasteiger partial charge in [-0.1, -0.05) is 18.2 Å². The lowest BCUT2D eigenvalue weighted by atomic mass is 10.2. The van der Waals surface area contributed by atoms with Crippen LogP contribution in [-0.4, -0.2) is 59.4 Å². The molecular formula is C21H26N4O3. The lowest BCUT2D eigenvalue weighted by Gasteiger charge is -2.23. The Kier molecular flexibility index (Phi) is 6.73. The number of rotatable bonds is 6. The highest BCUT2D eigenvalue weighted by atomic mass is 16.5. The van der Waals surface area contributed by atoms with Crippen LogP contribution < -0.4 is 5.32 Å². The maximum atomic E-state index is 12.8. The summed E-state index contributed by atoms with van der Waals surface area (Å²) in [5.74, 6) is -0.0132. The minimum atomic E-state index is -0.0949. The molecule has 1 aliphatic heterocycles. The van der Waals surface area contributed by atoms with Crippen LogP contribution >= 0.6 is 0 Å². The maximum Gasteiger partial charge on any atom is 0.237 e. The number of carbonyl (C=O) groups excluding carboxylic acids is 2. The van der Waals surface area contributed by atoms with Crippen molar-refractivity contribution in [3.63, 3.8) is 0 Å². The minimum absolute atomic E-state index is 0.0539. The molecule has 2 aromatic rings. The van der Waals surface area contributed by atoms with Crippen molar-refractivity contribution in [2.45, 2.75) is 26.1 Å². The van der Waals surface area contributed by atoms with Crippen molar-refractivity contribution in [2.75, 3.05) is 32.1 Å². The molecule has 1 atom stereocenters. The average Bonchev–Trinajstić information content (AvgIpc) is 2.82. The van der Waals surface area contributed by atoms with Crippen LogP contribution in [0.5, 0.6) is 0 Å². The van der Waals surface area contributed by atoms with Gasteiger partial charge in [0.05, 0.1) is 12.6 Å². The number of aromatic nitrogens is 1. The number of methoxy groups -OCH3 is 1. The van der Waals surface area contributed by atoms with Crippen LogP contribution in [0.3, 0.4) is 0 Å². The Labute approximate surface area is 165 Å². The lowest BCUT2D eigenvalue weighted by Crippen LogP contribution is -2.37. The van der Waals surface area contributed by atoms with Crippen molar-refractivity contribution in [1.29, 1.82) is 0 Å². The third-order valence-corrected chi connectivity index (χ3v) is 4.71. The molecule has 28 heavy (non-hydrogen) atoms. The summed E-state index contributed by atoms with van der Waals surface area (Å²) in [6, 6.07) is 11.5. The maximum absolute atomic E-state index is 12.8. The van der Waals surface area contributed by atoms with Gasteiger partial charge in [-0.15, -0.1) is 0 Å². The second-order valence-electron chi connectivity index (χ2n) is 7.04. The Balaban J connectivity index is 1.66. The number of nitrogens with zero attached hydrogens (tertiary/aromatic N) is 3. The van der Waals surface area contributed by atoms with Crippen molar-refractivity contribution in [2.24, 2.45) is 0 Å². The van der Waals surface area contributed by atoms with Gasteiger partial charge >= 0.3 is 0 Å². The number of benzene rings is 1. The zero-order valence-corrected chi connectivity index (χ0v) is 16.3. The van der Waals surface area contributed by atoms with Gasteiger partial charge in [-0.25, -0.2) is 0 Å². The molecular weight excluding hydrogens is 356 g/mol. The molecule has 0 radical (unpaired) electrons. The molecule has 0 aliphatic carbocycles. The van der Waals surface area contributed by atoms with Crippen LogP contribution in [0.15, 0.2) is 48.8 Å². The predicted octanol–water partition coefficient (Wildman–Crippen LogP) is 1.90. The first-order valence-corrected chi connectivity index (χ1v) is 9.32. The molecule has 1 saturated heterocycles. The number of hydrogen-bond acceptors (Lipinski definition) is 5. The number of carbonyl (C=O) groups is 2. The lowest BCUT2D eigenvalue weighted by molar-refractivity contribution is -0.132. The molecule has 2 amide bonds. The Morgan fingerprint density at radius 2 is 1.96 bits per heavy atom. The Morgan fingerprint density at radius 3 is 2.61 bits per heavy atom. The molecule has 148 valence electrons.